The van der Waals surface area contributed by atoms with E-state index in [4.69, 9.17) is 10.5 Å². The molecule has 17 heavy (non-hydrogen) atoms. The molecule has 0 atom stereocenters. The highest BCUT2D eigenvalue weighted by Crippen LogP contribution is 2.29. The first kappa shape index (κ1) is 12.3. The van der Waals surface area contributed by atoms with Crippen molar-refractivity contribution < 1.29 is 13.5 Å². The van der Waals surface area contributed by atoms with E-state index in [1.165, 1.54) is 6.07 Å². The topological polar surface area (TPSA) is 38.5 Å². The molecule has 0 spiro atoms. The van der Waals surface area contributed by atoms with Gasteiger partial charge in [-0.15, -0.1) is 0 Å². The van der Waals surface area contributed by atoms with Gasteiger partial charge in [0.1, 0.15) is 0 Å². The third kappa shape index (κ3) is 2.40. The molecule has 1 aromatic rings. The Hall–Kier alpha value is -1.20. The Morgan fingerprint density at radius 2 is 2.06 bits per heavy atom. The van der Waals surface area contributed by atoms with Gasteiger partial charge in [0, 0.05) is 37.3 Å². The Balaban J connectivity index is 2.08. The van der Waals surface area contributed by atoms with E-state index in [0.717, 1.165) is 6.07 Å². The van der Waals surface area contributed by atoms with Crippen molar-refractivity contribution in [1.82, 2.24) is 0 Å². The van der Waals surface area contributed by atoms with Crippen LogP contribution in [-0.2, 0) is 4.74 Å². The van der Waals surface area contributed by atoms with Crippen molar-refractivity contribution in [2.45, 2.75) is 0 Å². The van der Waals surface area contributed by atoms with E-state index in [9.17, 15) is 8.78 Å². The molecule has 3 nitrogen and oxygen atoms in total. The number of halogens is 2. The van der Waals surface area contributed by atoms with Crippen molar-refractivity contribution in [1.29, 1.82) is 0 Å². The molecule has 0 aliphatic carbocycles. The fraction of sp³-hybridized carbons (Fsp3) is 0.500. The third-order valence-corrected chi connectivity index (χ3v) is 3.17. The molecule has 5 heteroatoms. The minimum atomic E-state index is -0.832. The molecule has 0 unspecified atom stereocenters. The number of rotatable bonds is 4. The Bertz CT molecular complexity index is 402. The SMILES string of the molecule is CN(CC1(CN)COC1)c1ccc(F)c(F)c1. The zero-order valence-electron chi connectivity index (χ0n) is 9.75. The van der Waals surface area contributed by atoms with Gasteiger partial charge in [0.05, 0.1) is 13.2 Å². The average Bonchev–Trinajstić information content (AvgIpc) is 2.27. The van der Waals surface area contributed by atoms with Crippen LogP contribution in [0.5, 0.6) is 0 Å². The smallest absolute Gasteiger partial charge is 0.160 e. The first-order valence-electron chi connectivity index (χ1n) is 5.50. The lowest BCUT2D eigenvalue weighted by Gasteiger charge is -2.43. The Morgan fingerprint density at radius 3 is 2.53 bits per heavy atom. The monoisotopic (exact) mass is 242 g/mol. The van der Waals surface area contributed by atoms with Gasteiger partial charge in [-0.2, -0.15) is 0 Å². The molecule has 2 rings (SSSR count). The summed E-state index contributed by atoms with van der Waals surface area (Å²) in [7, 11) is 1.84. The molecule has 1 aliphatic heterocycles. The van der Waals surface area contributed by atoms with Gasteiger partial charge in [-0.25, -0.2) is 8.78 Å². The minimum absolute atomic E-state index is 0.0559. The summed E-state index contributed by atoms with van der Waals surface area (Å²) < 4.78 is 31.1. The Kier molecular flexibility index (Phi) is 3.31. The normalized spacial score (nSPS) is 17.6. The van der Waals surface area contributed by atoms with E-state index >= 15 is 0 Å². The number of nitrogens with zero attached hydrogens (tertiary/aromatic N) is 1. The maximum atomic E-state index is 13.1. The maximum absolute atomic E-state index is 13.1. The number of hydrogen-bond acceptors (Lipinski definition) is 3. The molecule has 1 aliphatic rings. The highest BCUT2D eigenvalue weighted by molar-refractivity contribution is 5.46. The second-order valence-corrected chi connectivity index (χ2v) is 4.65. The van der Waals surface area contributed by atoms with Gasteiger partial charge in [-0.1, -0.05) is 0 Å². The summed E-state index contributed by atoms with van der Waals surface area (Å²) >= 11 is 0. The van der Waals surface area contributed by atoms with Crippen molar-refractivity contribution in [3.05, 3.63) is 29.8 Å². The van der Waals surface area contributed by atoms with Gasteiger partial charge in [-0.05, 0) is 12.1 Å². The lowest BCUT2D eigenvalue weighted by atomic mass is 9.85. The second kappa shape index (κ2) is 4.58. The van der Waals surface area contributed by atoms with Gasteiger partial charge >= 0.3 is 0 Å². The fourth-order valence-electron chi connectivity index (χ4n) is 1.98. The first-order valence-corrected chi connectivity index (χ1v) is 5.50. The molecular formula is C12H16F2N2O. The van der Waals surface area contributed by atoms with Crippen molar-refractivity contribution in [3.8, 4) is 0 Å². The van der Waals surface area contributed by atoms with Crippen molar-refractivity contribution in [2.75, 3.05) is 38.3 Å². The average molecular weight is 242 g/mol. The van der Waals surface area contributed by atoms with Crippen molar-refractivity contribution in [3.63, 3.8) is 0 Å². The van der Waals surface area contributed by atoms with Gasteiger partial charge in [-0.3, -0.25) is 0 Å². The number of nitrogens with two attached hydrogens (primary N) is 1. The standard InChI is InChI=1S/C12H16F2N2O/c1-16(6-12(5-15)7-17-8-12)9-2-3-10(13)11(14)4-9/h2-4H,5-8,15H2,1H3. The molecule has 1 aromatic carbocycles. The predicted molar refractivity (Wildman–Crippen MR) is 61.9 cm³/mol. The Morgan fingerprint density at radius 1 is 1.35 bits per heavy atom. The van der Waals surface area contributed by atoms with E-state index in [-0.39, 0.29) is 5.41 Å². The van der Waals surface area contributed by atoms with Crippen molar-refractivity contribution in [2.24, 2.45) is 11.1 Å². The predicted octanol–water partition coefficient (Wildman–Crippen LogP) is 1.38. The molecule has 1 heterocycles. The van der Waals surface area contributed by atoms with Crippen LogP contribution in [0.1, 0.15) is 0 Å². The molecule has 0 aromatic heterocycles. The number of anilines is 1. The molecule has 0 amide bonds. The van der Waals surface area contributed by atoms with Gasteiger partial charge in [0.25, 0.3) is 0 Å². The van der Waals surface area contributed by atoms with Gasteiger partial charge in [0.2, 0.25) is 0 Å². The summed E-state index contributed by atoms with van der Waals surface area (Å²) in [5.74, 6) is -1.66. The second-order valence-electron chi connectivity index (χ2n) is 4.65. The summed E-state index contributed by atoms with van der Waals surface area (Å²) in [6, 6.07) is 3.88. The molecule has 1 fully saturated rings. The highest BCUT2D eigenvalue weighted by Gasteiger charge is 2.38. The molecule has 0 radical (unpaired) electrons. The summed E-state index contributed by atoms with van der Waals surface area (Å²) in [6.07, 6.45) is 0. The summed E-state index contributed by atoms with van der Waals surface area (Å²) in [4.78, 5) is 1.87. The lowest BCUT2D eigenvalue weighted by Crippen LogP contribution is -2.54. The van der Waals surface area contributed by atoms with E-state index < -0.39 is 11.6 Å². The summed E-state index contributed by atoms with van der Waals surface area (Å²) in [6.45, 7) is 2.45. The summed E-state index contributed by atoms with van der Waals surface area (Å²) in [5.41, 5.74) is 6.29. The molecule has 0 saturated carbocycles. The van der Waals surface area contributed by atoms with Crippen molar-refractivity contribution >= 4 is 5.69 Å². The first-order chi connectivity index (χ1) is 8.06. The molecular weight excluding hydrogens is 226 g/mol. The van der Waals surface area contributed by atoms with E-state index in [1.807, 2.05) is 11.9 Å². The van der Waals surface area contributed by atoms with Crippen LogP contribution in [0.15, 0.2) is 18.2 Å². The molecule has 0 bridgehead atoms. The minimum Gasteiger partial charge on any atom is -0.380 e. The molecule has 1 saturated heterocycles. The van der Waals surface area contributed by atoms with E-state index in [2.05, 4.69) is 0 Å². The van der Waals surface area contributed by atoms with E-state index in [0.29, 0.717) is 32.0 Å². The van der Waals surface area contributed by atoms with E-state index in [1.54, 1.807) is 6.07 Å². The largest absolute Gasteiger partial charge is 0.380 e. The molecule has 2 N–H and O–H groups in total. The fourth-order valence-corrected chi connectivity index (χ4v) is 1.98. The zero-order valence-corrected chi connectivity index (χ0v) is 9.75. The number of benzene rings is 1. The summed E-state index contributed by atoms with van der Waals surface area (Å²) in [5, 5.41) is 0. The van der Waals surface area contributed by atoms with Crippen LogP contribution in [0, 0.1) is 17.0 Å². The van der Waals surface area contributed by atoms with Crippen LogP contribution >= 0.6 is 0 Å². The van der Waals surface area contributed by atoms with Crippen LogP contribution in [0.2, 0.25) is 0 Å². The van der Waals surface area contributed by atoms with Crippen LogP contribution in [0.3, 0.4) is 0 Å². The van der Waals surface area contributed by atoms with Crippen LogP contribution in [-0.4, -0.2) is 33.4 Å². The zero-order chi connectivity index (χ0) is 12.5. The number of ether oxygens (including phenoxy) is 1. The van der Waals surface area contributed by atoms with Crippen LogP contribution < -0.4 is 10.6 Å². The highest BCUT2D eigenvalue weighted by atomic mass is 19.2. The van der Waals surface area contributed by atoms with Crippen LogP contribution in [0.4, 0.5) is 14.5 Å². The lowest BCUT2D eigenvalue weighted by molar-refractivity contribution is -0.101. The van der Waals surface area contributed by atoms with Gasteiger partial charge in [0.15, 0.2) is 11.6 Å². The van der Waals surface area contributed by atoms with Crippen LogP contribution in [0.25, 0.3) is 0 Å². The maximum Gasteiger partial charge on any atom is 0.160 e. The Labute approximate surface area is 99.2 Å². The molecule has 94 valence electrons. The quantitative estimate of drug-likeness (QED) is 0.866. The third-order valence-electron chi connectivity index (χ3n) is 3.17. The number of hydrogen-bond donors (Lipinski definition) is 1. The van der Waals surface area contributed by atoms with Gasteiger partial charge < -0.3 is 15.4 Å².